The second-order valence-corrected chi connectivity index (χ2v) is 4.11. The van der Waals surface area contributed by atoms with Crippen LogP contribution in [0.25, 0.3) is 0 Å². The summed E-state index contributed by atoms with van der Waals surface area (Å²) in [7, 11) is 0. The summed E-state index contributed by atoms with van der Waals surface area (Å²) in [6, 6.07) is 5.57. The van der Waals surface area contributed by atoms with Crippen molar-refractivity contribution in [3.8, 4) is 6.07 Å². The molecule has 82 valence electrons. The number of nitrogens with zero attached hydrogens (tertiary/aromatic N) is 3. The minimum Gasteiger partial charge on any atom is -0.338 e. The molecule has 2 rings (SSSR count). The van der Waals surface area contributed by atoms with Gasteiger partial charge in [-0.15, -0.1) is 0 Å². The van der Waals surface area contributed by atoms with E-state index in [0.717, 1.165) is 18.5 Å². The van der Waals surface area contributed by atoms with Gasteiger partial charge in [0, 0.05) is 25.2 Å². The van der Waals surface area contributed by atoms with Crippen molar-refractivity contribution in [2.24, 2.45) is 5.92 Å². The quantitative estimate of drug-likeness (QED) is 0.747. The molecular weight excluding hydrogens is 202 g/mol. The van der Waals surface area contributed by atoms with Crippen molar-refractivity contribution in [2.45, 2.75) is 19.9 Å². The van der Waals surface area contributed by atoms with Crippen molar-refractivity contribution >= 4 is 5.91 Å². The number of likely N-dealkylation sites (tertiary alicyclic amines) is 1. The molecule has 0 aromatic carbocycles. The number of carbonyl (C=O) groups is 1. The van der Waals surface area contributed by atoms with E-state index in [9.17, 15) is 4.79 Å². The molecule has 1 atom stereocenters. The first-order chi connectivity index (χ1) is 7.70. The summed E-state index contributed by atoms with van der Waals surface area (Å²) < 4.78 is 0. The molecule has 2 heterocycles. The lowest BCUT2D eigenvalue weighted by atomic mass is 10.1. The van der Waals surface area contributed by atoms with E-state index in [4.69, 9.17) is 5.26 Å². The Morgan fingerprint density at radius 2 is 2.50 bits per heavy atom. The average Bonchev–Trinajstić information content (AvgIpc) is 2.61. The van der Waals surface area contributed by atoms with Crippen molar-refractivity contribution in [3.63, 3.8) is 0 Å². The fraction of sp³-hybridized carbons (Fsp3) is 0.417. The summed E-state index contributed by atoms with van der Waals surface area (Å²) in [6.45, 7) is 3.35. The van der Waals surface area contributed by atoms with Crippen LogP contribution >= 0.6 is 0 Å². The van der Waals surface area contributed by atoms with E-state index in [2.05, 4.69) is 4.98 Å². The van der Waals surface area contributed by atoms with E-state index in [1.54, 1.807) is 12.3 Å². The smallest absolute Gasteiger partial charge is 0.225 e. The zero-order valence-corrected chi connectivity index (χ0v) is 9.18. The van der Waals surface area contributed by atoms with E-state index < -0.39 is 0 Å². The summed E-state index contributed by atoms with van der Waals surface area (Å²) in [5.41, 5.74) is 1.37. The molecule has 0 radical (unpaired) electrons. The summed E-state index contributed by atoms with van der Waals surface area (Å²) in [4.78, 5) is 17.4. The Hall–Kier alpha value is -1.89. The Labute approximate surface area is 94.5 Å². The Morgan fingerprint density at radius 3 is 3.12 bits per heavy atom. The molecule has 16 heavy (non-hydrogen) atoms. The highest BCUT2D eigenvalue weighted by atomic mass is 16.2. The van der Waals surface area contributed by atoms with Crippen molar-refractivity contribution in [1.29, 1.82) is 5.26 Å². The molecule has 1 amide bonds. The largest absolute Gasteiger partial charge is 0.338 e. The van der Waals surface area contributed by atoms with Crippen LogP contribution in [0.5, 0.6) is 0 Å². The van der Waals surface area contributed by atoms with Gasteiger partial charge in [-0.3, -0.25) is 4.79 Å². The lowest BCUT2D eigenvalue weighted by Crippen LogP contribution is -2.26. The third-order valence-corrected chi connectivity index (χ3v) is 2.88. The van der Waals surface area contributed by atoms with Crippen LogP contribution in [-0.4, -0.2) is 22.3 Å². The van der Waals surface area contributed by atoms with Crippen LogP contribution in [0.15, 0.2) is 18.3 Å². The predicted octanol–water partition coefficient (Wildman–Crippen LogP) is 1.32. The van der Waals surface area contributed by atoms with Gasteiger partial charge in [0.05, 0.1) is 0 Å². The van der Waals surface area contributed by atoms with Crippen LogP contribution < -0.4 is 0 Å². The normalized spacial score (nSPS) is 19.9. The molecule has 0 unspecified atom stereocenters. The SMILES string of the molecule is C[C@H]1CCN(Cc2ccnc(C#N)c2)C1=O. The molecule has 0 aliphatic carbocycles. The fourth-order valence-corrected chi connectivity index (χ4v) is 1.91. The standard InChI is InChI=1S/C12H13N3O/c1-9-3-5-15(12(9)16)8-10-2-4-14-11(6-10)7-13/h2,4,6,9H,3,5,8H2,1H3/t9-/m0/s1. The molecular formula is C12H13N3O. The summed E-state index contributed by atoms with van der Waals surface area (Å²) in [6.07, 6.45) is 2.53. The van der Waals surface area contributed by atoms with Gasteiger partial charge >= 0.3 is 0 Å². The minimum absolute atomic E-state index is 0.136. The van der Waals surface area contributed by atoms with Crippen LogP contribution in [0.2, 0.25) is 0 Å². The topological polar surface area (TPSA) is 57.0 Å². The zero-order chi connectivity index (χ0) is 11.5. The summed E-state index contributed by atoms with van der Waals surface area (Å²) in [5, 5.41) is 8.72. The first-order valence-electron chi connectivity index (χ1n) is 5.34. The van der Waals surface area contributed by atoms with Gasteiger partial charge in [-0.2, -0.15) is 5.26 Å². The number of pyridine rings is 1. The number of rotatable bonds is 2. The van der Waals surface area contributed by atoms with Gasteiger partial charge in [-0.05, 0) is 24.1 Å². The molecule has 1 saturated heterocycles. The van der Waals surface area contributed by atoms with Crippen molar-refractivity contribution in [1.82, 2.24) is 9.88 Å². The Kier molecular flexibility index (Phi) is 2.86. The molecule has 1 aromatic heterocycles. The molecule has 0 N–H and O–H groups in total. The van der Waals surface area contributed by atoms with Crippen molar-refractivity contribution < 1.29 is 4.79 Å². The third-order valence-electron chi connectivity index (χ3n) is 2.88. The maximum absolute atomic E-state index is 11.7. The number of nitriles is 1. The van der Waals surface area contributed by atoms with Crippen LogP contribution in [0.4, 0.5) is 0 Å². The van der Waals surface area contributed by atoms with E-state index in [-0.39, 0.29) is 11.8 Å². The van der Waals surface area contributed by atoms with Crippen molar-refractivity contribution in [3.05, 3.63) is 29.6 Å². The van der Waals surface area contributed by atoms with Gasteiger partial charge in [0.15, 0.2) is 0 Å². The number of amides is 1. The van der Waals surface area contributed by atoms with Crippen LogP contribution in [0.1, 0.15) is 24.6 Å². The second kappa shape index (κ2) is 4.31. The molecule has 0 spiro atoms. The molecule has 1 aromatic rings. The third kappa shape index (κ3) is 2.03. The Morgan fingerprint density at radius 1 is 1.69 bits per heavy atom. The Bertz CT molecular complexity index is 450. The van der Waals surface area contributed by atoms with Gasteiger partial charge in [-0.25, -0.2) is 4.98 Å². The van der Waals surface area contributed by atoms with Crippen molar-refractivity contribution in [2.75, 3.05) is 6.54 Å². The lowest BCUT2D eigenvalue weighted by molar-refractivity contribution is -0.131. The highest BCUT2D eigenvalue weighted by Gasteiger charge is 2.27. The van der Waals surface area contributed by atoms with Gasteiger partial charge in [0.1, 0.15) is 11.8 Å². The van der Waals surface area contributed by atoms with Gasteiger partial charge in [0.2, 0.25) is 5.91 Å². The summed E-state index contributed by atoms with van der Waals surface area (Å²) in [5.74, 6) is 0.340. The monoisotopic (exact) mass is 215 g/mol. The highest BCUT2D eigenvalue weighted by molar-refractivity contribution is 5.80. The first-order valence-corrected chi connectivity index (χ1v) is 5.34. The predicted molar refractivity (Wildman–Crippen MR) is 58.2 cm³/mol. The zero-order valence-electron chi connectivity index (χ0n) is 9.18. The maximum Gasteiger partial charge on any atom is 0.225 e. The molecule has 4 nitrogen and oxygen atoms in total. The Balaban J connectivity index is 2.10. The molecule has 1 fully saturated rings. The number of carbonyl (C=O) groups excluding carboxylic acids is 1. The number of hydrogen-bond acceptors (Lipinski definition) is 3. The van der Waals surface area contributed by atoms with Crippen LogP contribution in [-0.2, 0) is 11.3 Å². The average molecular weight is 215 g/mol. The molecule has 0 saturated carbocycles. The van der Waals surface area contributed by atoms with Gasteiger partial charge < -0.3 is 4.90 Å². The van der Waals surface area contributed by atoms with E-state index in [1.165, 1.54) is 0 Å². The number of hydrogen-bond donors (Lipinski definition) is 0. The minimum atomic E-state index is 0.136. The highest BCUT2D eigenvalue weighted by Crippen LogP contribution is 2.19. The maximum atomic E-state index is 11.7. The molecule has 0 bridgehead atoms. The lowest BCUT2D eigenvalue weighted by Gasteiger charge is -2.15. The van der Waals surface area contributed by atoms with Gasteiger partial charge in [-0.1, -0.05) is 6.92 Å². The van der Waals surface area contributed by atoms with Gasteiger partial charge in [0.25, 0.3) is 0 Å². The number of aromatic nitrogens is 1. The molecule has 1 aliphatic heterocycles. The van der Waals surface area contributed by atoms with E-state index >= 15 is 0 Å². The molecule has 1 aliphatic rings. The second-order valence-electron chi connectivity index (χ2n) is 4.11. The van der Waals surface area contributed by atoms with E-state index in [0.29, 0.717) is 12.2 Å². The van der Waals surface area contributed by atoms with E-state index in [1.807, 2.05) is 24.0 Å². The van der Waals surface area contributed by atoms with Crippen LogP contribution in [0.3, 0.4) is 0 Å². The fourth-order valence-electron chi connectivity index (χ4n) is 1.91. The molecule has 4 heteroatoms. The first kappa shape index (κ1) is 10.6. The summed E-state index contributed by atoms with van der Waals surface area (Å²) >= 11 is 0. The van der Waals surface area contributed by atoms with Crippen LogP contribution in [0, 0.1) is 17.2 Å².